The summed E-state index contributed by atoms with van der Waals surface area (Å²) in [6.07, 6.45) is 0. The Balaban J connectivity index is 2.48. The molecule has 1 aromatic carbocycles. The lowest BCUT2D eigenvalue weighted by Gasteiger charge is -2.08. The molecule has 9 heteroatoms. The van der Waals surface area contributed by atoms with Crippen LogP contribution in [0, 0.1) is 21.7 Å². The Morgan fingerprint density at radius 1 is 1.29 bits per heavy atom. The van der Waals surface area contributed by atoms with Crippen LogP contribution in [0.4, 0.5) is 26.0 Å². The van der Waals surface area contributed by atoms with Crippen molar-refractivity contribution in [3.05, 3.63) is 57.8 Å². The number of nitrogens with zero attached hydrogens (tertiary/aromatic N) is 2. The Hall–Kier alpha value is -3.10. The quantitative estimate of drug-likeness (QED) is 0.663. The van der Waals surface area contributed by atoms with E-state index < -0.39 is 39.7 Å². The molecule has 0 saturated carbocycles. The molecule has 0 unspecified atom stereocenters. The zero-order valence-electron chi connectivity index (χ0n) is 10.2. The summed E-state index contributed by atoms with van der Waals surface area (Å²) in [7, 11) is 0. The van der Waals surface area contributed by atoms with Crippen LogP contribution >= 0.6 is 0 Å². The van der Waals surface area contributed by atoms with Crippen LogP contribution in [0.25, 0.3) is 0 Å². The largest absolute Gasteiger partial charge is 0.477 e. The van der Waals surface area contributed by atoms with Gasteiger partial charge in [-0.2, -0.15) is 0 Å². The number of nitro groups is 1. The van der Waals surface area contributed by atoms with Crippen LogP contribution < -0.4 is 5.32 Å². The second-order valence-electron chi connectivity index (χ2n) is 3.88. The fourth-order valence-corrected chi connectivity index (χ4v) is 1.53. The van der Waals surface area contributed by atoms with Gasteiger partial charge >= 0.3 is 11.7 Å². The van der Waals surface area contributed by atoms with E-state index >= 15 is 0 Å². The molecule has 108 valence electrons. The summed E-state index contributed by atoms with van der Waals surface area (Å²) < 4.78 is 26.3. The van der Waals surface area contributed by atoms with E-state index in [1.54, 1.807) is 0 Å². The summed E-state index contributed by atoms with van der Waals surface area (Å²) in [6.45, 7) is 0. The van der Waals surface area contributed by atoms with E-state index in [-0.39, 0.29) is 5.69 Å². The fourth-order valence-electron chi connectivity index (χ4n) is 1.53. The maximum atomic E-state index is 13.5. The number of hydrogen-bond acceptors (Lipinski definition) is 5. The van der Waals surface area contributed by atoms with E-state index in [0.29, 0.717) is 6.07 Å². The van der Waals surface area contributed by atoms with Gasteiger partial charge in [0.1, 0.15) is 11.6 Å². The predicted octanol–water partition coefficient (Wildman–Crippen LogP) is 2.71. The van der Waals surface area contributed by atoms with Crippen molar-refractivity contribution < 1.29 is 23.6 Å². The first-order valence-electron chi connectivity index (χ1n) is 5.49. The minimum atomic E-state index is -1.40. The van der Waals surface area contributed by atoms with Crippen molar-refractivity contribution in [3.8, 4) is 0 Å². The number of rotatable bonds is 4. The molecular weight excluding hydrogens is 288 g/mol. The highest BCUT2D eigenvalue weighted by Gasteiger charge is 2.19. The molecule has 0 aliphatic carbocycles. The van der Waals surface area contributed by atoms with Gasteiger partial charge in [-0.25, -0.2) is 18.6 Å². The summed E-state index contributed by atoms with van der Waals surface area (Å²) in [4.78, 5) is 24.4. The molecule has 2 rings (SSSR count). The number of aromatic carboxylic acids is 1. The van der Waals surface area contributed by atoms with Crippen molar-refractivity contribution in [3.63, 3.8) is 0 Å². The molecule has 0 saturated heterocycles. The second kappa shape index (κ2) is 5.49. The number of carbonyl (C=O) groups is 1. The highest BCUT2D eigenvalue weighted by molar-refractivity contribution is 5.86. The Bertz CT molecular complexity index is 736. The van der Waals surface area contributed by atoms with Crippen LogP contribution in [-0.4, -0.2) is 21.0 Å². The minimum Gasteiger partial charge on any atom is -0.477 e. The van der Waals surface area contributed by atoms with Crippen molar-refractivity contribution in [1.82, 2.24) is 4.98 Å². The first-order valence-corrected chi connectivity index (χ1v) is 5.49. The molecule has 0 radical (unpaired) electrons. The van der Waals surface area contributed by atoms with Crippen molar-refractivity contribution in [2.45, 2.75) is 0 Å². The summed E-state index contributed by atoms with van der Waals surface area (Å²) >= 11 is 0. The average molecular weight is 295 g/mol. The maximum Gasteiger partial charge on any atom is 0.354 e. The first kappa shape index (κ1) is 14.3. The van der Waals surface area contributed by atoms with E-state index in [1.165, 1.54) is 0 Å². The van der Waals surface area contributed by atoms with E-state index in [1.807, 2.05) is 0 Å². The molecule has 2 aromatic rings. The third kappa shape index (κ3) is 3.08. The van der Waals surface area contributed by atoms with Crippen molar-refractivity contribution in [1.29, 1.82) is 0 Å². The Kier molecular flexibility index (Phi) is 3.74. The van der Waals surface area contributed by atoms with Gasteiger partial charge in [0, 0.05) is 12.1 Å². The molecule has 0 aliphatic rings. The molecule has 0 bridgehead atoms. The third-order valence-electron chi connectivity index (χ3n) is 2.47. The van der Waals surface area contributed by atoms with Crippen LogP contribution in [0.1, 0.15) is 10.5 Å². The highest BCUT2D eigenvalue weighted by atomic mass is 19.1. The Morgan fingerprint density at radius 2 is 2.00 bits per heavy atom. The molecular formula is C12H7F2N3O4. The van der Waals surface area contributed by atoms with Gasteiger partial charge in [0.2, 0.25) is 5.82 Å². The number of aromatic nitrogens is 1. The highest BCUT2D eigenvalue weighted by Crippen LogP contribution is 2.27. The first-order chi connectivity index (χ1) is 9.88. The van der Waals surface area contributed by atoms with Crippen LogP contribution in [0.2, 0.25) is 0 Å². The van der Waals surface area contributed by atoms with Crippen LogP contribution in [0.3, 0.4) is 0 Å². The number of halogens is 2. The van der Waals surface area contributed by atoms with Gasteiger partial charge in [-0.15, -0.1) is 0 Å². The number of hydrogen-bond donors (Lipinski definition) is 2. The van der Waals surface area contributed by atoms with E-state index in [0.717, 1.165) is 24.3 Å². The van der Waals surface area contributed by atoms with Gasteiger partial charge in [0.15, 0.2) is 5.69 Å². The number of benzene rings is 1. The Morgan fingerprint density at radius 3 is 2.57 bits per heavy atom. The molecule has 0 amide bonds. The molecule has 0 aliphatic heterocycles. The number of anilines is 2. The molecule has 0 spiro atoms. The van der Waals surface area contributed by atoms with Crippen LogP contribution in [0.15, 0.2) is 30.3 Å². The molecule has 0 atom stereocenters. The summed E-state index contributed by atoms with van der Waals surface area (Å²) in [6, 6.07) is 4.42. The summed E-state index contributed by atoms with van der Waals surface area (Å²) in [5.41, 5.74) is -1.26. The average Bonchev–Trinajstić information content (AvgIpc) is 2.41. The van der Waals surface area contributed by atoms with Crippen molar-refractivity contribution >= 4 is 23.2 Å². The third-order valence-corrected chi connectivity index (χ3v) is 2.47. The monoisotopic (exact) mass is 295 g/mol. The summed E-state index contributed by atoms with van der Waals surface area (Å²) in [5.74, 6) is -3.66. The maximum absolute atomic E-state index is 13.5. The lowest BCUT2D eigenvalue weighted by molar-refractivity contribution is -0.384. The number of carboxylic acid groups (broad SMARTS) is 1. The van der Waals surface area contributed by atoms with Gasteiger partial charge in [-0.05, 0) is 18.2 Å². The molecule has 1 aromatic heterocycles. The van der Waals surface area contributed by atoms with Crippen molar-refractivity contribution in [2.75, 3.05) is 5.32 Å². The fraction of sp³-hybridized carbons (Fsp3) is 0. The zero-order valence-corrected chi connectivity index (χ0v) is 10.2. The van der Waals surface area contributed by atoms with E-state index in [9.17, 15) is 23.7 Å². The standard InChI is InChI=1S/C12H7F2N3O4/c13-6-1-2-8(7(14)5-6)15-11-10(17(20)21)4-3-9(16-11)12(18)19/h1-5H,(H,15,16)(H,18,19). The molecule has 1 heterocycles. The van der Waals surface area contributed by atoms with Gasteiger partial charge in [-0.1, -0.05) is 0 Å². The zero-order chi connectivity index (χ0) is 15.6. The Labute approximate surface area is 116 Å². The SMILES string of the molecule is O=C(O)c1ccc([N+](=O)[O-])c(Nc2ccc(F)cc2F)n1. The van der Waals surface area contributed by atoms with Gasteiger partial charge in [-0.3, -0.25) is 10.1 Å². The molecule has 2 N–H and O–H groups in total. The predicted molar refractivity (Wildman–Crippen MR) is 67.5 cm³/mol. The van der Waals surface area contributed by atoms with Crippen LogP contribution in [-0.2, 0) is 0 Å². The van der Waals surface area contributed by atoms with Gasteiger partial charge in [0.25, 0.3) is 0 Å². The molecule has 0 fully saturated rings. The normalized spacial score (nSPS) is 10.2. The van der Waals surface area contributed by atoms with Gasteiger partial charge in [0.05, 0.1) is 10.6 Å². The summed E-state index contributed by atoms with van der Waals surface area (Å²) in [5, 5.41) is 22.0. The number of nitrogens with one attached hydrogen (secondary N) is 1. The topological polar surface area (TPSA) is 105 Å². The number of carboxylic acids is 1. The minimum absolute atomic E-state index is 0.269. The van der Waals surface area contributed by atoms with Gasteiger partial charge < -0.3 is 10.4 Å². The molecule has 21 heavy (non-hydrogen) atoms. The van der Waals surface area contributed by atoms with Crippen LogP contribution in [0.5, 0.6) is 0 Å². The van der Waals surface area contributed by atoms with Crippen molar-refractivity contribution in [2.24, 2.45) is 0 Å². The van der Waals surface area contributed by atoms with E-state index in [4.69, 9.17) is 5.11 Å². The molecule has 7 nitrogen and oxygen atoms in total. The lowest BCUT2D eigenvalue weighted by atomic mass is 10.2. The lowest BCUT2D eigenvalue weighted by Crippen LogP contribution is -2.06. The number of pyridine rings is 1. The van der Waals surface area contributed by atoms with E-state index in [2.05, 4.69) is 10.3 Å². The second-order valence-corrected chi connectivity index (χ2v) is 3.88. The smallest absolute Gasteiger partial charge is 0.354 e.